The maximum atomic E-state index is 11.0. The third-order valence-corrected chi connectivity index (χ3v) is 2.80. The molecule has 4 nitrogen and oxygen atoms in total. The molecule has 84 valence electrons. The molecule has 1 amide bonds. The molecule has 1 atom stereocenters. The van der Waals surface area contributed by atoms with Gasteiger partial charge in [-0.15, -0.1) is 0 Å². The van der Waals surface area contributed by atoms with Crippen LogP contribution in [-0.4, -0.2) is 23.0 Å². The lowest BCUT2D eigenvalue weighted by molar-refractivity contribution is -0.119. The molecule has 1 saturated heterocycles. The van der Waals surface area contributed by atoms with Crippen LogP contribution >= 0.6 is 0 Å². The molecule has 0 saturated carbocycles. The van der Waals surface area contributed by atoms with Gasteiger partial charge in [-0.25, -0.2) is 4.79 Å². The maximum Gasteiger partial charge on any atom is 0.335 e. The second-order valence-electron chi connectivity index (χ2n) is 3.97. The monoisotopic (exact) mass is 219 g/mol. The minimum Gasteiger partial charge on any atom is -0.478 e. The van der Waals surface area contributed by atoms with Gasteiger partial charge in [-0.1, -0.05) is 18.2 Å². The quantitative estimate of drug-likeness (QED) is 0.802. The topological polar surface area (TPSA) is 66.4 Å². The summed E-state index contributed by atoms with van der Waals surface area (Å²) in [5.41, 5.74) is 1.10. The van der Waals surface area contributed by atoms with Crippen LogP contribution in [0.4, 0.5) is 0 Å². The van der Waals surface area contributed by atoms with E-state index in [1.807, 2.05) is 6.07 Å². The first-order valence-corrected chi connectivity index (χ1v) is 5.27. The fourth-order valence-corrected chi connectivity index (χ4v) is 2.00. The Morgan fingerprint density at radius 3 is 2.81 bits per heavy atom. The Labute approximate surface area is 93.3 Å². The van der Waals surface area contributed by atoms with E-state index in [2.05, 4.69) is 5.32 Å². The van der Waals surface area contributed by atoms with Gasteiger partial charge in [-0.2, -0.15) is 0 Å². The van der Waals surface area contributed by atoms with Crippen LogP contribution in [0.25, 0.3) is 0 Å². The highest BCUT2D eigenvalue weighted by molar-refractivity contribution is 5.89. The Hall–Kier alpha value is -1.84. The zero-order valence-electron chi connectivity index (χ0n) is 8.77. The van der Waals surface area contributed by atoms with Gasteiger partial charge in [-0.05, 0) is 24.5 Å². The number of hydrogen-bond donors (Lipinski definition) is 2. The number of amides is 1. The third kappa shape index (κ3) is 2.21. The normalized spacial score (nSPS) is 19.5. The lowest BCUT2D eigenvalue weighted by Crippen LogP contribution is -2.27. The zero-order valence-corrected chi connectivity index (χ0v) is 8.77. The molecule has 1 unspecified atom stereocenters. The largest absolute Gasteiger partial charge is 0.478 e. The van der Waals surface area contributed by atoms with Crippen molar-refractivity contribution < 1.29 is 14.7 Å². The first kappa shape index (κ1) is 10.7. The maximum absolute atomic E-state index is 11.0. The van der Waals surface area contributed by atoms with Crippen molar-refractivity contribution in [2.75, 3.05) is 0 Å². The van der Waals surface area contributed by atoms with Gasteiger partial charge >= 0.3 is 5.97 Å². The van der Waals surface area contributed by atoms with E-state index < -0.39 is 5.97 Å². The summed E-state index contributed by atoms with van der Waals surface area (Å²) in [4.78, 5) is 22.0. The summed E-state index contributed by atoms with van der Waals surface area (Å²) >= 11 is 0. The number of carbonyl (C=O) groups is 2. The molecule has 1 aromatic rings. The van der Waals surface area contributed by atoms with Crippen molar-refractivity contribution in [2.45, 2.75) is 25.3 Å². The van der Waals surface area contributed by atoms with Crippen molar-refractivity contribution >= 4 is 11.9 Å². The Bertz CT molecular complexity index is 428. The highest BCUT2D eigenvalue weighted by Gasteiger charge is 2.22. The first-order valence-electron chi connectivity index (χ1n) is 5.27. The van der Waals surface area contributed by atoms with E-state index in [1.54, 1.807) is 18.2 Å². The molecule has 2 N–H and O–H groups in total. The Morgan fingerprint density at radius 2 is 2.19 bits per heavy atom. The summed E-state index contributed by atoms with van der Waals surface area (Å²) in [6.07, 6.45) is 1.92. The van der Waals surface area contributed by atoms with Gasteiger partial charge in [0, 0.05) is 12.5 Å². The SMILES string of the molecule is O=C1CCC(Cc2ccccc2C(=O)O)N1. The van der Waals surface area contributed by atoms with Gasteiger partial charge in [0.1, 0.15) is 0 Å². The van der Waals surface area contributed by atoms with Crippen LogP contribution in [0.5, 0.6) is 0 Å². The van der Waals surface area contributed by atoms with Crippen LogP contribution in [-0.2, 0) is 11.2 Å². The molecule has 1 aliphatic rings. The fourth-order valence-electron chi connectivity index (χ4n) is 2.00. The van der Waals surface area contributed by atoms with Crippen LogP contribution in [0, 0.1) is 0 Å². The molecule has 1 aromatic carbocycles. The van der Waals surface area contributed by atoms with E-state index in [0.29, 0.717) is 18.4 Å². The third-order valence-electron chi connectivity index (χ3n) is 2.80. The van der Waals surface area contributed by atoms with Crippen molar-refractivity contribution in [3.8, 4) is 0 Å². The summed E-state index contributed by atoms with van der Waals surface area (Å²) in [5, 5.41) is 11.8. The zero-order chi connectivity index (χ0) is 11.5. The molecule has 4 heteroatoms. The van der Waals surface area contributed by atoms with E-state index in [0.717, 1.165) is 12.0 Å². The number of carboxylic acid groups (broad SMARTS) is 1. The Balaban J connectivity index is 2.14. The molecule has 0 bridgehead atoms. The van der Waals surface area contributed by atoms with Gasteiger partial charge < -0.3 is 10.4 Å². The average Bonchev–Trinajstić information content (AvgIpc) is 2.64. The molecule has 1 fully saturated rings. The van der Waals surface area contributed by atoms with Gasteiger partial charge in [0.2, 0.25) is 5.91 Å². The van der Waals surface area contributed by atoms with Crippen LogP contribution in [0.2, 0.25) is 0 Å². The molecule has 1 heterocycles. The van der Waals surface area contributed by atoms with Crippen molar-refractivity contribution in [1.82, 2.24) is 5.32 Å². The van der Waals surface area contributed by atoms with Gasteiger partial charge in [-0.3, -0.25) is 4.79 Å². The van der Waals surface area contributed by atoms with E-state index in [4.69, 9.17) is 5.11 Å². The lowest BCUT2D eigenvalue weighted by atomic mass is 9.99. The highest BCUT2D eigenvalue weighted by atomic mass is 16.4. The fraction of sp³-hybridized carbons (Fsp3) is 0.333. The minimum absolute atomic E-state index is 0.0535. The van der Waals surface area contributed by atoms with Crippen LogP contribution in [0.15, 0.2) is 24.3 Å². The predicted molar refractivity (Wildman–Crippen MR) is 58.3 cm³/mol. The second-order valence-corrected chi connectivity index (χ2v) is 3.97. The number of benzene rings is 1. The number of nitrogens with one attached hydrogen (secondary N) is 1. The molecule has 1 aliphatic heterocycles. The summed E-state index contributed by atoms with van der Waals surface area (Å²) in [7, 11) is 0. The first-order chi connectivity index (χ1) is 7.66. The van der Waals surface area contributed by atoms with Crippen LogP contribution < -0.4 is 5.32 Å². The minimum atomic E-state index is -0.917. The summed E-state index contributed by atoms with van der Waals surface area (Å²) in [6, 6.07) is 6.99. The molecule has 0 aromatic heterocycles. The van der Waals surface area contributed by atoms with Crippen molar-refractivity contribution in [3.63, 3.8) is 0 Å². The van der Waals surface area contributed by atoms with Gasteiger partial charge in [0.25, 0.3) is 0 Å². The Morgan fingerprint density at radius 1 is 1.44 bits per heavy atom. The standard InChI is InChI=1S/C12H13NO3/c14-11-6-5-9(13-11)7-8-3-1-2-4-10(8)12(15)16/h1-4,9H,5-7H2,(H,13,14)(H,15,16). The predicted octanol–water partition coefficient (Wildman–Crippen LogP) is 1.21. The highest BCUT2D eigenvalue weighted by Crippen LogP contribution is 2.16. The van der Waals surface area contributed by atoms with Gasteiger partial charge in [0.15, 0.2) is 0 Å². The van der Waals surface area contributed by atoms with E-state index >= 15 is 0 Å². The Kier molecular flexibility index (Phi) is 2.90. The van der Waals surface area contributed by atoms with Crippen molar-refractivity contribution in [3.05, 3.63) is 35.4 Å². The molecule has 2 rings (SSSR count). The summed E-state index contributed by atoms with van der Waals surface area (Å²) < 4.78 is 0. The smallest absolute Gasteiger partial charge is 0.335 e. The molecule has 0 radical (unpaired) electrons. The summed E-state index contributed by atoms with van der Waals surface area (Å²) in [6.45, 7) is 0. The molecular formula is C12H13NO3. The van der Waals surface area contributed by atoms with E-state index in [1.165, 1.54) is 0 Å². The number of hydrogen-bond acceptors (Lipinski definition) is 2. The van der Waals surface area contributed by atoms with Gasteiger partial charge in [0.05, 0.1) is 5.56 Å². The van der Waals surface area contributed by atoms with Crippen molar-refractivity contribution in [1.29, 1.82) is 0 Å². The van der Waals surface area contributed by atoms with Crippen LogP contribution in [0.1, 0.15) is 28.8 Å². The molecule has 16 heavy (non-hydrogen) atoms. The molecule has 0 aliphatic carbocycles. The number of carboxylic acids is 1. The molecule has 0 spiro atoms. The second kappa shape index (κ2) is 4.35. The van der Waals surface area contributed by atoms with Crippen molar-refractivity contribution in [2.24, 2.45) is 0 Å². The number of aromatic carboxylic acids is 1. The number of rotatable bonds is 3. The van der Waals surface area contributed by atoms with E-state index in [9.17, 15) is 9.59 Å². The van der Waals surface area contributed by atoms with E-state index in [-0.39, 0.29) is 11.9 Å². The number of carbonyl (C=O) groups excluding carboxylic acids is 1. The summed E-state index contributed by atoms with van der Waals surface area (Å²) in [5.74, 6) is -0.863. The van der Waals surface area contributed by atoms with Crippen LogP contribution in [0.3, 0.4) is 0 Å². The molecular weight excluding hydrogens is 206 g/mol. The lowest BCUT2D eigenvalue weighted by Gasteiger charge is -2.11. The average molecular weight is 219 g/mol.